The van der Waals surface area contributed by atoms with Gasteiger partial charge in [0.15, 0.2) is 5.16 Å². The van der Waals surface area contributed by atoms with Crippen molar-refractivity contribution in [3.8, 4) is 5.69 Å². The molecule has 0 aliphatic carbocycles. The highest BCUT2D eigenvalue weighted by molar-refractivity contribution is 7.99. The number of hydrogen-bond donors (Lipinski definition) is 0. The summed E-state index contributed by atoms with van der Waals surface area (Å²) in [4.78, 5) is 17.7. The molecule has 25 heavy (non-hydrogen) atoms. The largest absolute Gasteiger partial charge is 0.383 e. The Hall–Kier alpha value is -1.93. The van der Waals surface area contributed by atoms with Gasteiger partial charge in [-0.1, -0.05) is 30.0 Å². The number of halogens is 2. The van der Waals surface area contributed by atoms with Gasteiger partial charge in [0.05, 0.1) is 24.6 Å². The third kappa shape index (κ3) is 5.54. The standard InChI is InChI=1S/C17H21F2N3O2S/c1-13-5-3-4-6-14(13)22-8-7-20-17(22)25-12-16(23)21(9-10-24-2)11-15(18)19/h3-8,15H,9-12H2,1-2H3. The average Bonchev–Trinajstić information content (AvgIpc) is 3.04. The molecule has 1 amide bonds. The lowest BCUT2D eigenvalue weighted by Gasteiger charge is -2.21. The van der Waals surface area contributed by atoms with Gasteiger partial charge in [-0.2, -0.15) is 0 Å². The SMILES string of the molecule is COCCN(CC(F)F)C(=O)CSc1nccn1-c1ccccc1C. The van der Waals surface area contributed by atoms with E-state index in [1.807, 2.05) is 42.0 Å². The van der Waals surface area contributed by atoms with Crippen molar-refractivity contribution in [2.75, 3.05) is 32.6 Å². The molecule has 8 heteroatoms. The predicted molar refractivity (Wildman–Crippen MR) is 93.5 cm³/mol. The van der Waals surface area contributed by atoms with Gasteiger partial charge in [0.1, 0.15) is 0 Å². The zero-order valence-corrected chi connectivity index (χ0v) is 15.0. The fourth-order valence-corrected chi connectivity index (χ4v) is 3.19. The van der Waals surface area contributed by atoms with Gasteiger partial charge in [0, 0.05) is 26.0 Å². The number of thioether (sulfide) groups is 1. The van der Waals surface area contributed by atoms with E-state index < -0.39 is 13.0 Å². The first kappa shape index (κ1) is 19.4. The summed E-state index contributed by atoms with van der Waals surface area (Å²) in [6.45, 7) is 1.77. The number of rotatable bonds is 9. The molecule has 0 fully saturated rings. The topological polar surface area (TPSA) is 47.4 Å². The van der Waals surface area contributed by atoms with E-state index >= 15 is 0 Å². The summed E-state index contributed by atoms with van der Waals surface area (Å²) in [5, 5.41) is 0.645. The molecule has 0 bridgehead atoms. The first-order valence-electron chi connectivity index (χ1n) is 7.80. The molecule has 0 saturated carbocycles. The predicted octanol–water partition coefficient (Wildman–Crippen LogP) is 3.01. The van der Waals surface area contributed by atoms with Crippen molar-refractivity contribution in [2.24, 2.45) is 0 Å². The van der Waals surface area contributed by atoms with Crippen LogP contribution in [0.2, 0.25) is 0 Å². The number of imidazole rings is 1. The molecular weight excluding hydrogens is 348 g/mol. The van der Waals surface area contributed by atoms with Crippen LogP contribution in [0.25, 0.3) is 5.69 Å². The van der Waals surface area contributed by atoms with Gasteiger partial charge >= 0.3 is 0 Å². The summed E-state index contributed by atoms with van der Waals surface area (Å²) in [7, 11) is 1.47. The first-order chi connectivity index (χ1) is 12.0. The molecule has 2 rings (SSSR count). The molecule has 136 valence electrons. The third-order valence-corrected chi connectivity index (χ3v) is 4.53. The fourth-order valence-electron chi connectivity index (χ4n) is 2.32. The highest BCUT2D eigenvalue weighted by atomic mass is 32.2. The minimum Gasteiger partial charge on any atom is -0.383 e. The van der Waals surface area contributed by atoms with Crippen LogP contribution in [-0.4, -0.2) is 59.3 Å². The first-order valence-corrected chi connectivity index (χ1v) is 8.78. The third-order valence-electron chi connectivity index (χ3n) is 3.58. The van der Waals surface area contributed by atoms with Crippen LogP contribution < -0.4 is 0 Å². The number of aryl methyl sites for hydroxylation is 1. The number of benzene rings is 1. The van der Waals surface area contributed by atoms with E-state index in [0.717, 1.165) is 16.2 Å². The van der Waals surface area contributed by atoms with Gasteiger partial charge in [0.25, 0.3) is 6.43 Å². The molecule has 0 radical (unpaired) electrons. The van der Waals surface area contributed by atoms with Gasteiger partial charge in [0.2, 0.25) is 5.91 Å². The summed E-state index contributed by atoms with van der Waals surface area (Å²) in [6.07, 6.45) is 0.901. The van der Waals surface area contributed by atoms with Crippen LogP contribution in [0.5, 0.6) is 0 Å². The zero-order valence-electron chi connectivity index (χ0n) is 14.2. The number of ether oxygens (including phenoxy) is 1. The Bertz CT molecular complexity index is 694. The van der Waals surface area contributed by atoms with E-state index in [1.165, 1.54) is 18.9 Å². The number of aromatic nitrogens is 2. The minimum absolute atomic E-state index is 0.0410. The molecule has 1 aromatic heterocycles. The lowest BCUT2D eigenvalue weighted by molar-refractivity contribution is -0.130. The molecule has 0 aliphatic heterocycles. The van der Waals surface area contributed by atoms with Crippen LogP contribution in [0.3, 0.4) is 0 Å². The Morgan fingerprint density at radius 3 is 2.84 bits per heavy atom. The van der Waals surface area contributed by atoms with Gasteiger partial charge in [-0.15, -0.1) is 0 Å². The smallest absolute Gasteiger partial charge is 0.255 e. The Morgan fingerprint density at radius 2 is 2.16 bits per heavy atom. The summed E-state index contributed by atoms with van der Waals surface area (Å²) < 4.78 is 32.1. The Labute approximate surface area is 150 Å². The second-order valence-corrected chi connectivity index (χ2v) is 6.32. The average molecular weight is 369 g/mol. The van der Waals surface area contributed by atoms with Gasteiger partial charge in [-0.25, -0.2) is 13.8 Å². The van der Waals surface area contributed by atoms with E-state index in [2.05, 4.69) is 4.98 Å². The van der Waals surface area contributed by atoms with E-state index in [9.17, 15) is 13.6 Å². The molecule has 1 aromatic carbocycles. The van der Waals surface area contributed by atoms with Crippen molar-refractivity contribution in [1.29, 1.82) is 0 Å². The number of methoxy groups -OCH3 is 1. The molecule has 5 nitrogen and oxygen atoms in total. The van der Waals surface area contributed by atoms with Crippen molar-refractivity contribution in [3.63, 3.8) is 0 Å². The molecule has 0 N–H and O–H groups in total. The second kappa shape index (κ2) is 9.53. The molecule has 0 spiro atoms. The molecule has 0 saturated heterocycles. The van der Waals surface area contributed by atoms with E-state index in [1.54, 1.807) is 6.20 Å². The van der Waals surface area contributed by atoms with Crippen molar-refractivity contribution >= 4 is 17.7 Å². The molecule has 1 heterocycles. The molecule has 0 unspecified atom stereocenters. The summed E-state index contributed by atoms with van der Waals surface area (Å²) >= 11 is 1.23. The fraction of sp³-hybridized carbons (Fsp3) is 0.412. The van der Waals surface area contributed by atoms with Crippen LogP contribution in [0.4, 0.5) is 8.78 Å². The summed E-state index contributed by atoms with van der Waals surface area (Å²) in [5.41, 5.74) is 2.05. The number of hydrogen-bond acceptors (Lipinski definition) is 4. The van der Waals surface area contributed by atoms with Crippen molar-refractivity contribution in [1.82, 2.24) is 14.5 Å². The van der Waals surface area contributed by atoms with Crippen LogP contribution in [0, 0.1) is 6.92 Å². The van der Waals surface area contributed by atoms with E-state index in [0.29, 0.717) is 5.16 Å². The number of alkyl halides is 2. The number of nitrogens with zero attached hydrogens (tertiary/aromatic N) is 3. The van der Waals surface area contributed by atoms with E-state index in [-0.39, 0.29) is 24.8 Å². The van der Waals surface area contributed by atoms with Crippen LogP contribution in [0.15, 0.2) is 41.8 Å². The van der Waals surface area contributed by atoms with Gasteiger partial charge in [-0.3, -0.25) is 9.36 Å². The Kier molecular flexibility index (Phi) is 7.39. The monoisotopic (exact) mass is 369 g/mol. The quantitative estimate of drug-likeness (QED) is 0.638. The second-order valence-electron chi connectivity index (χ2n) is 5.38. The van der Waals surface area contributed by atoms with Crippen molar-refractivity contribution < 1.29 is 18.3 Å². The highest BCUT2D eigenvalue weighted by Gasteiger charge is 2.19. The number of para-hydroxylation sites is 1. The Morgan fingerprint density at radius 1 is 1.40 bits per heavy atom. The van der Waals surface area contributed by atoms with Gasteiger partial charge < -0.3 is 9.64 Å². The number of carbonyl (C=O) groups excluding carboxylic acids is 1. The van der Waals surface area contributed by atoms with Gasteiger partial charge in [-0.05, 0) is 18.6 Å². The molecule has 0 atom stereocenters. The number of carbonyl (C=O) groups is 1. The highest BCUT2D eigenvalue weighted by Crippen LogP contribution is 2.23. The normalized spacial score (nSPS) is 11.1. The Balaban J connectivity index is 2.04. The van der Waals surface area contributed by atoms with Crippen molar-refractivity contribution in [2.45, 2.75) is 18.5 Å². The van der Waals surface area contributed by atoms with E-state index in [4.69, 9.17) is 4.74 Å². The van der Waals surface area contributed by atoms with Crippen molar-refractivity contribution in [3.05, 3.63) is 42.2 Å². The molecule has 0 aliphatic rings. The molecule has 2 aromatic rings. The number of amides is 1. The lowest BCUT2D eigenvalue weighted by Crippen LogP contribution is -2.38. The summed E-state index contributed by atoms with van der Waals surface area (Å²) in [5.74, 6) is -0.319. The summed E-state index contributed by atoms with van der Waals surface area (Å²) in [6, 6.07) is 7.83. The van der Waals surface area contributed by atoms with Crippen LogP contribution in [0.1, 0.15) is 5.56 Å². The zero-order chi connectivity index (χ0) is 18.2. The van der Waals surface area contributed by atoms with Crippen LogP contribution in [-0.2, 0) is 9.53 Å². The molecular formula is C17H21F2N3O2S. The lowest BCUT2D eigenvalue weighted by atomic mass is 10.2. The maximum atomic E-state index is 12.7. The maximum Gasteiger partial charge on any atom is 0.255 e. The minimum atomic E-state index is -2.57. The maximum absolute atomic E-state index is 12.7. The van der Waals surface area contributed by atoms with Crippen LogP contribution >= 0.6 is 11.8 Å².